The van der Waals surface area contributed by atoms with E-state index in [1.807, 2.05) is 30.3 Å². The number of amides is 1. The predicted octanol–water partition coefficient (Wildman–Crippen LogP) is 0.0347. The lowest BCUT2D eigenvalue weighted by molar-refractivity contribution is -0.351. The topological polar surface area (TPSA) is 253 Å². The second kappa shape index (κ2) is 20.7. The van der Waals surface area contributed by atoms with Gasteiger partial charge in [0.05, 0.1) is 39.6 Å². The minimum Gasteiger partial charge on any atom is -0.457 e. The zero-order chi connectivity index (χ0) is 36.6. The summed E-state index contributed by atoms with van der Waals surface area (Å²) >= 11 is 0. The zero-order valence-corrected chi connectivity index (χ0v) is 28.2. The molecule has 50 heavy (non-hydrogen) atoms. The van der Waals surface area contributed by atoms with E-state index < -0.39 is 91.8 Å². The van der Waals surface area contributed by atoms with Crippen LogP contribution in [0.5, 0.6) is 0 Å². The molecule has 2 heterocycles. The Morgan fingerprint density at radius 1 is 0.840 bits per heavy atom. The number of benzene rings is 1. The van der Waals surface area contributed by atoms with Crippen molar-refractivity contribution in [2.45, 2.75) is 95.7 Å². The second-order valence-electron chi connectivity index (χ2n) is 11.2. The summed E-state index contributed by atoms with van der Waals surface area (Å²) < 4.78 is 52.2. The number of azide groups is 1. The molecule has 3 N–H and O–H groups in total. The number of rotatable bonds is 18. The van der Waals surface area contributed by atoms with Crippen molar-refractivity contribution in [3.05, 3.63) is 46.3 Å². The molecule has 1 aromatic carbocycles. The van der Waals surface area contributed by atoms with Crippen LogP contribution in [0.2, 0.25) is 0 Å². The average molecular weight is 713 g/mol. The number of nitrogens with one attached hydrogen (secondary N) is 1. The minimum absolute atomic E-state index is 0.0450. The van der Waals surface area contributed by atoms with E-state index in [9.17, 15) is 29.4 Å². The summed E-state index contributed by atoms with van der Waals surface area (Å²) in [7, 11) is 0. The Kier molecular flexibility index (Phi) is 16.8. The van der Waals surface area contributed by atoms with Crippen LogP contribution in [0.1, 0.15) is 33.3 Å². The lowest BCUT2D eigenvalue weighted by Crippen LogP contribution is -2.69. The number of carbonyl (C=O) groups excluding carboxylic acids is 4. The number of carbonyl (C=O) groups is 4. The number of aliphatic hydroxyl groups is 2. The van der Waals surface area contributed by atoms with Crippen LogP contribution in [0, 0.1) is 0 Å². The van der Waals surface area contributed by atoms with Crippen LogP contribution in [-0.2, 0) is 68.4 Å². The third-order valence-electron chi connectivity index (χ3n) is 7.31. The van der Waals surface area contributed by atoms with Crippen molar-refractivity contribution >= 4 is 23.8 Å². The molecule has 0 spiro atoms. The largest absolute Gasteiger partial charge is 0.457 e. The third kappa shape index (κ3) is 12.4. The maximum Gasteiger partial charge on any atom is 0.303 e. The molecule has 0 aliphatic carbocycles. The highest BCUT2D eigenvalue weighted by atomic mass is 16.8. The molecule has 1 aromatic rings. The Morgan fingerprint density at radius 3 is 2.10 bits per heavy atom. The van der Waals surface area contributed by atoms with Crippen molar-refractivity contribution in [3.63, 3.8) is 0 Å². The fourth-order valence-corrected chi connectivity index (χ4v) is 5.36. The number of esters is 3. The first-order chi connectivity index (χ1) is 23.9. The molecule has 10 atom stereocenters. The van der Waals surface area contributed by atoms with Crippen molar-refractivity contribution < 1.29 is 72.0 Å². The summed E-state index contributed by atoms with van der Waals surface area (Å²) in [6.07, 6.45) is -12.9. The van der Waals surface area contributed by atoms with Crippen molar-refractivity contribution in [2.75, 3.05) is 39.6 Å². The van der Waals surface area contributed by atoms with Gasteiger partial charge in [-0.3, -0.25) is 19.2 Å². The van der Waals surface area contributed by atoms with E-state index >= 15 is 0 Å². The molecule has 0 unspecified atom stereocenters. The molecule has 19 nitrogen and oxygen atoms in total. The van der Waals surface area contributed by atoms with E-state index in [4.69, 9.17) is 48.2 Å². The first-order valence-electron chi connectivity index (χ1n) is 15.8. The molecule has 0 bridgehead atoms. The third-order valence-corrected chi connectivity index (χ3v) is 7.31. The Bertz CT molecular complexity index is 1300. The van der Waals surface area contributed by atoms with Crippen LogP contribution in [0.15, 0.2) is 35.4 Å². The molecule has 2 saturated heterocycles. The smallest absolute Gasteiger partial charge is 0.303 e. The van der Waals surface area contributed by atoms with Crippen LogP contribution in [0.4, 0.5) is 0 Å². The van der Waals surface area contributed by atoms with E-state index in [0.717, 1.165) is 26.3 Å². The average Bonchev–Trinajstić information content (AvgIpc) is 3.05. The first-order valence-corrected chi connectivity index (χ1v) is 15.8. The quantitative estimate of drug-likeness (QED) is 0.0453. The first kappa shape index (κ1) is 40.5. The van der Waals surface area contributed by atoms with Gasteiger partial charge in [-0.05, 0) is 11.1 Å². The fourth-order valence-electron chi connectivity index (χ4n) is 5.36. The minimum atomic E-state index is -1.65. The van der Waals surface area contributed by atoms with Gasteiger partial charge in [-0.2, -0.15) is 0 Å². The van der Waals surface area contributed by atoms with Gasteiger partial charge in [0.25, 0.3) is 0 Å². The molecule has 3 rings (SSSR count). The molecule has 278 valence electrons. The highest BCUT2D eigenvalue weighted by Crippen LogP contribution is 2.33. The highest BCUT2D eigenvalue weighted by molar-refractivity contribution is 5.73. The molecule has 0 saturated carbocycles. The Morgan fingerprint density at radius 2 is 1.48 bits per heavy atom. The molecule has 1 amide bonds. The van der Waals surface area contributed by atoms with Crippen molar-refractivity contribution in [1.82, 2.24) is 5.32 Å². The molecule has 0 radical (unpaired) electrons. The van der Waals surface area contributed by atoms with E-state index in [1.54, 1.807) is 0 Å². The van der Waals surface area contributed by atoms with Crippen LogP contribution < -0.4 is 5.32 Å². The van der Waals surface area contributed by atoms with Gasteiger partial charge in [0, 0.05) is 39.2 Å². The molecular weight excluding hydrogens is 668 g/mol. The van der Waals surface area contributed by atoms with Gasteiger partial charge in [-0.15, -0.1) is 0 Å². The summed E-state index contributed by atoms with van der Waals surface area (Å²) in [5.74, 6) is -2.99. The van der Waals surface area contributed by atoms with E-state index in [-0.39, 0.29) is 39.6 Å². The number of ether oxygens (including phenoxy) is 9. The van der Waals surface area contributed by atoms with Crippen molar-refractivity contribution in [2.24, 2.45) is 5.11 Å². The predicted molar refractivity (Wildman–Crippen MR) is 166 cm³/mol. The summed E-state index contributed by atoms with van der Waals surface area (Å²) in [5, 5.41) is 26.9. The number of aliphatic hydroxyl groups excluding tert-OH is 2. The van der Waals surface area contributed by atoms with Crippen LogP contribution >= 0.6 is 0 Å². The van der Waals surface area contributed by atoms with E-state index in [1.165, 1.54) is 6.92 Å². The summed E-state index contributed by atoms with van der Waals surface area (Å²) in [5.41, 5.74) is 9.27. The summed E-state index contributed by atoms with van der Waals surface area (Å²) in [6, 6.07) is 7.98. The number of hydrogen-bond acceptors (Lipinski definition) is 16. The van der Waals surface area contributed by atoms with E-state index in [0.29, 0.717) is 0 Å². The van der Waals surface area contributed by atoms with Gasteiger partial charge in [0.1, 0.15) is 30.5 Å². The molecule has 2 aliphatic heterocycles. The standard InChI is InChI=1S/C31H44N4O15/c1-17(37)34-24-27(45-18(2)38)26(50-31-29(47-20(4)40)28(46-19(3)39)25(41)22(14-36)48-31)23(16-43-15-21-8-6-5-7-9-21)49-30(24)44-13-12-42-11-10-33-35-32/h5-9,22-31,36,41H,10-16H2,1-4H3,(H,34,37)/t22-,23-,24-,25+,26-,27-,28+,29-,30-,31+/m1/s1. The van der Waals surface area contributed by atoms with Gasteiger partial charge in [-0.1, -0.05) is 35.4 Å². The van der Waals surface area contributed by atoms with E-state index in [2.05, 4.69) is 15.3 Å². The van der Waals surface area contributed by atoms with Gasteiger partial charge < -0.3 is 58.2 Å². The second-order valence-corrected chi connectivity index (χ2v) is 11.2. The monoisotopic (exact) mass is 712 g/mol. The Hall–Kier alpha value is -3.91. The Labute approximate surface area is 287 Å². The number of hydrogen-bond donors (Lipinski definition) is 3. The van der Waals surface area contributed by atoms with Crippen molar-refractivity contribution in [3.8, 4) is 0 Å². The van der Waals surface area contributed by atoms with Gasteiger partial charge in [0.2, 0.25) is 5.91 Å². The normalized spacial score (nSPS) is 29.2. The molecule has 0 aromatic heterocycles. The van der Waals surface area contributed by atoms with Crippen LogP contribution in [-0.4, -0.2) is 135 Å². The maximum absolute atomic E-state index is 12.5. The van der Waals surface area contributed by atoms with Crippen molar-refractivity contribution in [1.29, 1.82) is 0 Å². The fraction of sp³-hybridized carbons (Fsp3) is 0.677. The van der Waals surface area contributed by atoms with Gasteiger partial charge >= 0.3 is 17.9 Å². The number of nitrogens with zero attached hydrogens (tertiary/aromatic N) is 3. The summed E-state index contributed by atoms with van der Waals surface area (Å²) in [4.78, 5) is 51.8. The lowest BCUT2D eigenvalue weighted by atomic mass is 9.95. The summed E-state index contributed by atoms with van der Waals surface area (Å²) in [6.45, 7) is 3.91. The molecule has 2 fully saturated rings. The van der Waals surface area contributed by atoms with Crippen LogP contribution in [0.3, 0.4) is 0 Å². The molecular formula is C31H44N4O15. The molecule has 2 aliphatic rings. The van der Waals surface area contributed by atoms with Crippen LogP contribution in [0.25, 0.3) is 10.4 Å². The van der Waals surface area contributed by atoms with Gasteiger partial charge in [-0.25, -0.2) is 0 Å². The maximum atomic E-state index is 12.5. The molecule has 19 heteroatoms. The zero-order valence-electron chi connectivity index (χ0n) is 28.2. The lowest BCUT2D eigenvalue weighted by Gasteiger charge is -2.48. The SMILES string of the molecule is CC(=O)N[C@H]1[C@H](OCCOCCN=[N+]=[N-])O[C@H](COCc2ccccc2)[C@@H](O[C@@H]2O[C@H](CO)[C@H](O)[C@H](OC(C)=O)[C@H]2OC(C)=O)[C@@H]1OC(C)=O. The Balaban J connectivity index is 1.99. The van der Waals surface area contributed by atoms with Gasteiger partial charge in [0.15, 0.2) is 30.9 Å². The highest BCUT2D eigenvalue weighted by Gasteiger charge is 2.55.